The lowest BCUT2D eigenvalue weighted by Crippen LogP contribution is -2.23. The molecule has 0 fully saturated rings. The van der Waals surface area contributed by atoms with E-state index in [9.17, 15) is 0 Å². The van der Waals surface area contributed by atoms with E-state index < -0.39 is 0 Å². The largest absolute Gasteiger partial charge is 0.286 e. The second kappa shape index (κ2) is 7.58. The quantitative estimate of drug-likeness (QED) is 0.648. The number of para-hydroxylation sites is 1. The van der Waals surface area contributed by atoms with E-state index in [1.807, 2.05) is 53.2 Å². The molecule has 0 radical (unpaired) electrons. The first-order valence-electron chi connectivity index (χ1n) is 8.10. The van der Waals surface area contributed by atoms with Gasteiger partial charge in [-0.1, -0.05) is 55.5 Å². The maximum atomic E-state index is 9.00. The summed E-state index contributed by atoms with van der Waals surface area (Å²) in [5.41, 5.74) is 4.22. The van der Waals surface area contributed by atoms with Crippen LogP contribution in [0.25, 0.3) is 16.9 Å². The van der Waals surface area contributed by atoms with Crippen molar-refractivity contribution < 1.29 is 0 Å². The predicted octanol–water partition coefficient (Wildman–Crippen LogP) is 3.88. The minimum absolute atomic E-state index is 0.418. The molecule has 0 saturated heterocycles. The zero-order valence-corrected chi connectivity index (χ0v) is 13.8. The lowest BCUT2D eigenvalue weighted by atomic mass is 10.1. The molecular formula is C20H20N4. The van der Waals surface area contributed by atoms with E-state index in [1.54, 1.807) is 0 Å². The minimum Gasteiger partial charge on any atom is -0.286 e. The van der Waals surface area contributed by atoms with Crippen LogP contribution in [0.1, 0.15) is 12.5 Å². The average Bonchev–Trinajstić information content (AvgIpc) is 3.06. The highest BCUT2D eigenvalue weighted by molar-refractivity contribution is 5.63. The van der Waals surface area contributed by atoms with Gasteiger partial charge in [0.25, 0.3) is 0 Å². The van der Waals surface area contributed by atoms with Crippen LogP contribution in [0.5, 0.6) is 0 Å². The van der Waals surface area contributed by atoms with Crippen LogP contribution in [-0.2, 0) is 6.54 Å². The van der Waals surface area contributed by atoms with Gasteiger partial charge in [-0.15, -0.1) is 0 Å². The lowest BCUT2D eigenvalue weighted by molar-refractivity contribution is 0.315. The van der Waals surface area contributed by atoms with Gasteiger partial charge in [0.2, 0.25) is 0 Å². The van der Waals surface area contributed by atoms with Crippen LogP contribution in [0.4, 0.5) is 0 Å². The molecule has 0 aliphatic carbocycles. The van der Waals surface area contributed by atoms with Gasteiger partial charge >= 0.3 is 0 Å². The van der Waals surface area contributed by atoms with Crippen molar-refractivity contribution in [1.82, 2.24) is 14.7 Å². The number of benzene rings is 2. The zero-order chi connectivity index (χ0) is 16.8. The third-order valence-electron chi connectivity index (χ3n) is 3.99. The molecule has 1 heterocycles. The Balaban J connectivity index is 2.02. The number of hydrogen-bond acceptors (Lipinski definition) is 3. The molecular weight excluding hydrogens is 296 g/mol. The molecule has 0 aliphatic heterocycles. The van der Waals surface area contributed by atoms with E-state index in [0.717, 1.165) is 29.1 Å². The van der Waals surface area contributed by atoms with Crippen molar-refractivity contribution in [2.75, 3.05) is 13.1 Å². The van der Waals surface area contributed by atoms with Crippen LogP contribution in [0.2, 0.25) is 0 Å². The van der Waals surface area contributed by atoms with Gasteiger partial charge in [0.15, 0.2) is 0 Å². The minimum atomic E-state index is 0.418. The van der Waals surface area contributed by atoms with E-state index in [4.69, 9.17) is 10.4 Å². The molecule has 3 rings (SSSR count). The molecule has 3 aromatic rings. The Labute approximate surface area is 142 Å². The summed E-state index contributed by atoms with van der Waals surface area (Å²) in [6, 6.07) is 22.5. The number of nitriles is 1. The molecule has 4 heteroatoms. The molecule has 2 aromatic carbocycles. The molecule has 1 aromatic heterocycles. The average molecular weight is 316 g/mol. The Morgan fingerprint density at radius 3 is 2.33 bits per heavy atom. The van der Waals surface area contributed by atoms with E-state index in [0.29, 0.717) is 13.1 Å². The maximum absolute atomic E-state index is 9.00. The summed E-state index contributed by atoms with van der Waals surface area (Å²) in [7, 11) is 0. The molecule has 0 spiro atoms. The number of nitrogens with zero attached hydrogens (tertiary/aromatic N) is 4. The van der Waals surface area contributed by atoms with Crippen LogP contribution in [0, 0.1) is 11.3 Å². The van der Waals surface area contributed by atoms with Crippen molar-refractivity contribution in [1.29, 1.82) is 5.26 Å². The molecule has 0 atom stereocenters. The monoisotopic (exact) mass is 316 g/mol. The Kier molecular flexibility index (Phi) is 5.05. The Bertz CT molecular complexity index is 816. The van der Waals surface area contributed by atoms with Gasteiger partial charge < -0.3 is 0 Å². The molecule has 0 N–H and O–H groups in total. The van der Waals surface area contributed by atoms with Crippen molar-refractivity contribution in [2.24, 2.45) is 0 Å². The Morgan fingerprint density at radius 1 is 1.04 bits per heavy atom. The molecule has 0 unspecified atom stereocenters. The van der Waals surface area contributed by atoms with Gasteiger partial charge in [-0.2, -0.15) is 10.4 Å². The summed E-state index contributed by atoms with van der Waals surface area (Å²) in [5, 5.41) is 13.8. The Morgan fingerprint density at radius 2 is 1.71 bits per heavy atom. The first-order chi connectivity index (χ1) is 11.8. The summed E-state index contributed by atoms with van der Waals surface area (Å²) in [5.74, 6) is 0. The lowest BCUT2D eigenvalue weighted by Gasteiger charge is -2.16. The highest BCUT2D eigenvalue weighted by Gasteiger charge is 2.14. The highest BCUT2D eigenvalue weighted by Crippen LogP contribution is 2.24. The topological polar surface area (TPSA) is 44.9 Å². The van der Waals surface area contributed by atoms with Crippen molar-refractivity contribution in [2.45, 2.75) is 13.5 Å². The summed E-state index contributed by atoms with van der Waals surface area (Å²) in [6.45, 7) is 4.03. The second-order valence-electron chi connectivity index (χ2n) is 5.61. The molecule has 0 saturated carbocycles. The van der Waals surface area contributed by atoms with Gasteiger partial charge in [-0.3, -0.25) is 4.90 Å². The van der Waals surface area contributed by atoms with Gasteiger partial charge in [-0.25, -0.2) is 4.68 Å². The molecule has 0 bridgehead atoms. The molecule has 0 aliphatic rings. The fourth-order valence-electron chi connectivity index (χ4n) is 2.70. The Hall–Kier alpha value is -2.90. The normalized spacial score (nSPS) is 10.7. The van der Waals surface area contributed by atoms with Gasteiger partial charge in [0.05, 0.1) is 24.0 Å². The van der Waals surface area contributed by atoms with Crippen LogP contribution in [-0.4, -0.2) is 27.8 Å². The number of aromatic nitrogens is 2. The van der Waals surface area contributed by atoms with E-state index in [1.165, 1.54) is 0 Å². The summed E-state index contributed by atoms with van der Waals surface area (Å²) in [6.07, 6.45) is 2.07. The van der Waals surface area contributed by atoms with Gasteiger partial charge in [0, 0.05) is 23.9 Å². The van der Waals surface area contributed by atoms with E-state index >= 15 is 0 Å². The maximum Gasteiger partial charge on any atom is 0.0972 e. The third kappa shape index (κ3) is 3.53. The molecule has 4 nitrogen and oxygen atoms in total. The highest BCUT2D eigenvalue weighted by atomic mass is 15.3. The fourth-order valence-corrected chi connectivity index (χ4v) is 2.70. The first kappa shape index (κ1) is 16.0. The van der Waals surface area contributed by atoms with E-state index in [-0.39, 0.29) is 0 Å². The number of hydrogen-bond donors (Lipinski definition) is 0. The summed E-state index contributed by atoms with van der Waals surface area (Å²) >= 11 is 0. The van der Waals surface area contributed by atoms with Gasteiger partial charge in [-0.05, 0) is 18.7 Å². The first-order valence-corrected chi connectivity index (χ1v) is 8.10. The molecule has 120 valence electrons. The SMILES string of the molecule is CCN(CC#N)Cc1cn(-c2ccccc2)nc1-c1ccccc1. The molecule has 0 amide bonds. The van der Waals surface area contributed by atoms with Crippen molar-refractivity contribution in [3.63, 3.8) is 0 Å². The summed E-state index contributed by atoms with van der Waals surface area (Å²) in [4.78, 5) is 2.11. The van der Waals surface area contributed by atoms with Crippen molar-refractivity contribution in [3.8, 4) is 23.0 Å². The second-order valence-corrected chi connectivity index (χ2v) is 5.61. The fraction of sp³-hybridized carbons (Fsp3) is 0.200. The third-order valence-corrected chi connectivity index (χ3v) is 3.99. The van der Waals surface area contributed by atoms with Crippen molar-refractivity contribution >= 4 is 0 Å². The van der Waals surface area contributed by atoms with Crippen LogP contribution < -0.4 is 0 Å². The molecule has 24 heavy (non-hydrogen) atoms. The van der Waals surface area contributed by atoms with Crippen LogP contribution >= 0.6 is 0 Å². The standard InChI is InChI=1S/C20H20N4/c1-2-23(14-13-21)15-18-16-24(19-11-7-4-8-12-19)22-20(18)17-9-5-3-6-10-17/h3-12,16H,2,14-15H2,1H3. The van der Waals surface area contributed by atoms with Crippen LogP contribution in [0.15, 0.2) is 66.9 Å². The van der Waals surface area contributed by atoms with Gasteiger partial charge in [0.1, 0.15) is 0 Å². The summed E-state index contributed by atoms with van der Waals surface area (Å²) < 4.78 is 1.91. The van der Waals surface area contributed by atoms with Crippen LogP contribution in [0.3, 0.4) is 0 Å². The van der Waals surface area contributed by atoms with Crippen molar-refractivity contribution in [3.05, 3.63) is 72.4 Å². The predicted molar refractivity (Wildman–Crippen MR) is 95.6 cm³/mol. The number of rotatable bonds is 6. The zero-order valence-electron chi connectivity index (χ0n) is 13.8. The van der Waals surface area contributed by atoms with E-state index in [2.05, 4.69) is 36.2 Å². The smallest absolute Gasteiger partial charge is 0.0972 e.